The first-order chi connectivity index (χ1) is 12.6. The van der Waals surface area contributed by atoms with E-state index in [1.54, 1.807) is 16.4 Å². The lowest BCUT2D eigenvalue weighted by Crippen LogP contribution is -2.15. The summed E-state index contributed by atoms with van der Waals surface area (Å²) in [5.74, 6) is 2.37. The molecule has 1 aromatic heterocycles. The Bertz CT molecular complexity index is 976. The number of aromatic nitrogens is 3. The van der Waals surface area contributed by atoms with E-state index in [1.165, 1.54) is 11.1 Å². The molecular weight excluding hydrogens is 344 g/mol. The fourth-order valence-corrected chi connectivity index (χ4v) is 3.61. The number of ether oxygens (including phenoxy) is 1. The standard InChI is InChI=1S/C20H20N4OS/c1-13-5-8-16(9-6-13)17-12-26-20-22-21-19(24(20)23-17)11-25-18-10-14(2)4-7-15(18)3/h4-10H,11-12H2,1-3H3. The second-order valence-electron chi connectivity index (χ2n) is 6.47. The highest BCUT2D eigenvalue weighted by atomic mass is 32.2. The van der Waals surface area contributed by atoms with Crippen molar-refractivity contribution in [2.75, 3.05) is 5.75 Å². The number of fused-ring (bicyclic) bond motifs is 1. The van der Waals surface area contributed by atoms with Crippen LogP contribution in [0.2, 0.25) is 0 Å². The SMILES string of the molecule is Cc1ccc(C2=Nn3c(COc4cc(C)ccc4C)nnc3SC2)cc1. The quantitative estimate of drug-likeness (QED) is 0.698. The minimum atomic E-state index is 0.336. The second kappa shape index (κ2) is 6.96. The molecule has 6 heteroatoms. The Morgan fingerprint density at radius 3 is 2.58 bits per heavy atom. The van der Waals surface area contributed by atoms with E-state index >= 15 is 0 Å². The van der Waals surface area contributed by atoms with Gasteiger partial charge in [0.25, 0.3) is 0 Å². The van der Waals surface area contributed by atoms with Crippen molar-refractivity contribution in [1.29, 1.82) is 0 Å². The lowest BCUT2D eigenvalue weighted by atomic mass is 10.1. The van der Waals surface area contributed by atoms with Crippen molar-refractivity contribution in [3.05, 3.63) is 70.5 Å². The molecule has 3 aromatic rings. The van der Waals surface area contributed by atoms with Gasteiger partial charge in [-0.25, -0.2) is 0 Å². The molecule has 0 saturated carbocycles. The molecule has 2 aromatic carbocycles. The minimum Gasteiger partial charge on any atom is -0.485 e. The van der Waals surface area contributed by atoms with Gasteiger partial charge in [-0.15, -0.1) is 10.2 Å². The number of rotatable bonds is 4. The van der Waals surface area contributed by atoms with E-state index in [-0.39, 0.29) is 0 Å². The van der Waals surface area contributed by atoms with Gasteiger partial charge in [0.05, 0.1) is 5.71 Å². The summed E-state index contributed by atoms with van der Waals surface area (Å²) in [6.45, 7) is 6.52. The Morgan fingerprint density at radius 2 is 1.77 bits per heavy atom. The Labute approximate surface area is 157 Å². The maximum Gasteiger partial charge on any atom is 0.212 e. The van der Waals surface area contributed by atoms with E-state index in [9.17, 15) is 0 Å². The van der Waals surface area contributed by atoms with Gasteiger partial charge < -0.3 is 4.74 Å². The summed E-state index contributed by atoms with van der Waals surface area (Å²) in [6, 6.07) is 14.6. The van der Waals surface area contributed by atoms with Gasteiger partial charge in [-0.1, -0.05) is 53.7 Å². The third-order valence-electron chi connectivity index (χ3n) is 4.32. The third kappa shape index (κ3) is 3.37. The van der Waals surface area contributed by atoms with Gasteiger partial charge in [0.15, 0.2) is 5.82 Å². The zero-order chi connectivity index (χ0) is 18.1. The Morgan fingerprint density at radius 1 is 1.00 bits per heavy atom. The number of thioether (sulfide) groups is 1. The van der Waals surface area contributed by atoms with Crippen LogP contribution in [0.4, 0.5) is 0 Å². The van der Waals surface area contributed by atoms with Gasteiger partial charge in [0.1, 0.15) is 12.4 Å². The number of benzene rings is 2. The summed E-state index contributed by atoms with van der Waals surface area (Å²) < 4.78 is 7.78. The molecule has 0 aliphatic carbocycles. The Kier molecular flexibility index (Phi) is 4.51. The van der Waals surface area contributed by atoms with Gasteiger partial charge in [0, 0.05) is 5.75 Å². The second-order valence-corrected chi connectivity index (χ2v) is 7.41. The molecule has 2 heterocycles. The van der Waals surface area contributed by atoms with Crippen LogP contribution in [0.1, 0.15) is 28.1 Å². The minimum absolute atomic E-state index is 0.336. The molecule has 132 valence electrons. The molecule has 5 nitrogen and oxygen atoms in total. The molecule has 26 heavy (non-hydrogen) atoms. The van der Waals surface area contributed by atoms with Crippen molar-refractivity contribution in [3.63, 3.8) is 0 Å². The first-order valence-electron chi connectivity index (χ1n) is 8.52. The monoisotopic (exact) mass is 364 g/mol. The molecule has 0 N–H and O–H groups in total. The third-order valence-corrected chi connectivity index (χ3v) is 5.25. The lowest BCUT2D eigenvalue weighted by Gasteiger charge is -2.14. The van der Waals surface area contributed by atoms with Crippen LogP contribution < -0.4 is 4.74 Å². The largest absolute Gasteiger partial charge is 0.485 e. The number of nitrogens with zero attached hydrogens (tertiary/aromatic N) is 4. The van der Waals surface area contributed by atoms with Crippen molar-refractivity contribution in [2.24, 2.45) is 5.10 Å². The summed E-state index contributed by atoms with van der Waals surface area (Å²) in [5.41, 5.74) is 5.67. The molecule has 0 saturated heterocycles. The van der Waals surface area contributed by atoms with Crippen LogP contribution in [-0.4, -0.2) is 26.3 Å². The summed E-state index contributed by atoms with van der Waals surface area (Å²) >= 11 is 1.65. The maximum absolute atomic E-state index is 5.98. The van der Waals surface area contributed by atoms with Crippen molar-refractivity contribution in [1.82, 2.24) is 14.9 Å². The molecule has 0 spiro atoms. The van der Waals surface area contributed by atoms with Gasteiger partial charge >= 0.3 is 0 Å². The van der Waals surface area contributed by atoms with Crippen molar-refractivity contribution < 1.29 is 4.74 Å². The van der Waals surface area contributed by atoms with Crippen LogP contribution in [-0.2, 0) is 6.61 Å². The maximum atomic E-state index is 5.98. The van der Waals surface area contributed by atoms with E-state index < -0.39 is 0 Å². The summed E-state index contributed by atoms with van der Waals surface area (Å²) in [7, 11) is 0. The molecule has 0 fully saturated rings. The fraction of sp³-hybridized carbons (Fsp3) is 0.250. The highest BCUT2D eigenvalue weighted by molar-refractivity contribution is 7.99. The van der Waals surface area contributed by atoms with Crippen LogP contribution >= 0.6 is 11.8 Å². The average molecular weight is 364 g/mol. The zero-order valence-corrected chi connectivity index (χ0v) is 15.9. The van der Waals surface area contributed by atoms with Gasteiger partial charge in [-0.05, 0) is 43.5 Å². The molecule has 0 amide bonds. The van der Waals surface area contributed by atoms with Crippen LogP contribution in [0.5, 0.6) is 5.75 Å². The van der Waals surface area contributed by atoms with Gasteiger partial charge in [-0.3, -0.25) is 0 Å². The van der Waals surface area contributed by atoms with Crippen LogP contribution in [0, 0.1) is 20.8 Å². The zero-order valence-electron chi connectivity index (χ0n) is 15.1. The summed E-state index contributed by atoms with van der Waals surface area (Å²) in [4.78, 5) is 0. The van der Waals surface area contributed by atoms with Gasteiger partial charge in [0.2, 0.25) is 5.16 Å². The molecule has 1 aliphatic heterocycles. The summed E-state index contributed by atoms with van der Waals surface area (Å²) in [6.07, 6.45) is 0. The Balaban J connectivity index is 1.58. The van der Waals surface area contributed by atoms with Crippen molar-refractivity contribution in [2.45, 2.75) is 32.5 Å². The van der Waals surface area contributed by atoms with E-state index in [2.05, 4.69) is 60.4 Å². The van der Waals surface area contributed by atoms with Crippen LogP contribution in [0.3, 0.4) is 0 Å². The smallest absolute Gasteiger partial charge is 0.212 e. The number of hydrogen-bond donors (Lipinski definition) is 0. The van der Waals surface area contributed by atoms with Crippen LogP contribution in [0.25, 0.3) is 0 Å². The molecule has 0 radical (unpaired) electrons. The van der Waals surface area contributed by atoms with Crippen LogP contribution in [0.15, 0.2) is 52.7 Å². The van der Waals surface area contributed by atoms with Gasteiger partial charge in [-0.2, -0.15) is 9.78 Å². The van der Waals surface area contributed by atoms with Crippen molar-refractivity contribution >= 4 is 17.5 Å². The van der Waals surface area contributed by atoms with E-state index in [0.717, 1.165) is 33.5 Å². The normalized spacial score (nSPS) is 13.3. The van der Waals surface area contributed by atoms with Crippen molar-refractivity contribution in [3.8, 4) is 5.75 Å². The Hall–Kier alpha value is -2.60. The van der Waals surface area contributed by atoms with E-state index in [0.29, 0.717) is 12.4 Å². The molecule has 1 aliphatic rings. The number of hydrogen-bond acceptors (Lipinski definition) is 5. The highest BCUT2D eigenvalue weighted by Gasteiger charge is 2.20. The fourth-order valence-electron chi connectivity index (χ4n) is 2.75. The predicted octanol–water partition coefficient (Wildman–Crippen LogP) is 4.14. The number of aryl methyl sites for hydroxylation is 3. The lowest BCUT2D eigenvalue weighted by molar-refractivity contribution is 0.287. The highest BCUT2D eigenvalue weighted by Crippen LogP contribution is 2.25. The van der Waals surface area contributed by atoms with E-state index in [4.69, 9.17) is 9.84 Å². The first-order valence-corrected chi connectivity index (χ1v) is 9.51. The summed E-state index contributed by atoms with van der Waals surface area (Å²) in [5, 5.41) is 14.1. The molecule has 0 unspecified atom stereocenters. The molecule has 0 atom stereocenters. The average Bonchev–Trinajstić information content (AvgIpc) is 3.05. The predicted molar refractivity (Wildman–Crippen MR) is 104 cm³/mol. The molecule has 4 rings (SSSR count). The molecular formula is C20H20N4OS. The van der Waals surface area contributed by atoms with E-state index in [1.807, 2.05) is 13.0 Å². The molecule has 0 bridgehead atoms. The first kappa shape index (κ1) is 16.8. The topological polar surface area (TPSA) is 52.3 Å².